The molecule has 5 nitrogen and oxygen atoms in total. The zero-order valence-electron chi connectivity index (χ0n) is 13.7. The maximum Gasteiger partial charge on any atom is 0.241 e. The van der Waals surface area contributed by atoms with Crippen molar-refractivity contribution in [2.75, 3.05) is 0 Å². The predicted molar refractivity (Wildman–Crippen MR) is 105 cm³/mol. The molecule has 8 heteroatoms. The highest BCUT2D eigenvalue weighted by Crippen LogP contribution is 2.37. The molecule has 0 aliphatic heterocycles. The minimum absolute atomic E-state index is 0.141. The summed E-state index contributed by atoms with van der Waals surface area (Å²) in [4.78, 5) is 11.6. The SMILES string of the molecule is Cc1ccc(N=Nc2sc(=N)n(CC(=O)Cl)c2-c2ccccc2Cl)cc1. The van der Waals surface area contributed by atoms with Crippen molar-refractivity contribution in [1.82, 2.24) is 4.57 Å². The molecule has 26 heavy (non-hydrogen) atoms. The molecule has 1 aromatic heterocycles. The number of carbonyl (C=O) groups is 1. The molecule has 2 aromatic carbocycles. The Morgan fingerprint density at radius 3 is 2.50 bits per heavy atom. The van der Waals surface area contributed by atoms with E-state index in [2.05, 4.69) is 10.2 Å². The number of carbonyl (C=O) groups excluding carboxylic acids is 1. The maximum atomic E-state index is 11.4. The van der Waals surface area contributed by atoms with E-state index in [1.165, 1.54) is 4.57 Å². The van der Waals surface area contributed by atoms with Gasteiger partial charge in [0.05, 0.1) is 17.9 Å². The molecule has 1 heterocycles. The zero-order chi connectivity index (χ0) is 18.7. The van der Waals surface area contributed by atoms with Crippen LogP contribution in [0.1, 0.15) is 5.56 Å². The van der Waals surface area contributed by atoms with Gasteiger partial charge in [-0.25, -0.2) is 0 Å². The van der Waals surface area contributed by atoms with Gasteiger partial charge in [0.1, 0.15) is 0 Å². The fraction of sp³-hybridized carbons (Fsp3) is 0.111. The second-order valence-corrected chi connectivity index (χ2v) is 7.32. The lowest BCUT2D eigenvalue weighted by Crippen LogP contribution is -2.17. The molecule has 0 radical (unpaired) electrons. The number of hydrogen-bond acceptors (Lipinski definition) is 5. The van der Waals surface area contributed by atoms with Gasteiger partial charge >= 0.3 is 0 Å². The number of rotatable bonds is 5. The van der Waals surface area contributed by atoms with E-state index in [1.807, 2.05) is 49.4 Å². The lowest BCUT2D eigenvalue weighted by molar-refractivity contribution is -0.112. The van der Waals surface area contributed by atoms with Gasteiger partial charge in [0.15, 0.2) is 9.80 Å². The van der Waals surface area contributed by atoms with Gasteiger partial charge in [-0.1, -0.05) is 58.8 Å². The molecule has 0 unspecified atom stereocenters. The topological polar surface area (TPSA) is 70.6 Å². The summed E-state index contributed by atoms with van der Waals surface area (Å²) in [7, 11) is 0. The first-order chi connectivity index (χ1) is 12.5. The molecule has 3 aromatic rings. The smallest absolute Gasteiger partial charge is 0.241 e. The van der Waals surface area contributed by atoms with E-state index in [1.54, 1.807) is 6.07 Å². The van der Waals surface area contributed by atoms with Crippen molar-refractivity contribution in [1.29, 1.82) is 5.41 Å². The van der Waals surface area contributed by atoms with E-state index in [0.717, 1.165) is 16.9 Å². The van der Waals surface area contributed by atoms with Gasteiger partial charge in [-0.2, -0.15) is 0 Å². The fourth-order valence-electron chi connectivity index (χ4n) is 2.38. The molecule has 0 fully saturated rings. The van der Waals surface area contributed by atoms with Gasteiger partial charge in [0.2, 0.25) is 5.24 Å². The van der Waals surface area contributed by atoms with Crippen molar-refractivity contribution in [3.8, 4) is 11.3 Å². The second kappa shape index (κ2) is 7.95. The van der Waals surface area contributed by atoms with Crippen LogP contribution in [0.4, 0.5) is 10.7 Å². The third-order valence-corrected chi connectivity index (χ3v) is 4.94. The van der Waals surface area contributed by atoms with Crippen LogP contribution in [-0.4, -0.2) is 9.81 Å². The van der Waals surface area contributed by atoms with Crippen molar-refractivity contribution in [2.24, 2.45) is 10.2 Å². The Balaban J connectivity index is 2.13. The summed E-state index contributed by atoms with van der Waals surface area (Å²) >= 11 is 13.0. The molecule has 0 aliphatic carbocycles. The molecule has 1 N–H and O–H groups in total. The molecule has 0 amide bonds. The summed E-state index contributed by atoms with van der Waals surface area (Å²) in [5.41, 5.74) is 3.04. The average molecular weight is 405 g/mol. The maximum absolute atomic E-state index is 11.4. The van der Waals surface area contributed by atoms with E-state index in [9.17, 15) is 4.79 Å². The quantitative estimate of drug-likeness (QED) is 0.421. The molecule has 0 aliphatic rings. The number of hydrogen-bond donors (Lipinski definition) is 1. The Labute approximate surface area is 164 Å². The van der Waals surface area contributed by atoms with Crippen LogP contribution in [0.15, 0.2) is 58.8 Å². The molecule has 132 valence electrons. The number of aromatic nitrogens is 1. The van der Waals surface area contributed by atoms with E-state index >= 15 is 0 Å². The van der Waals surface area contributed by atoms with Gasteiger partial charge in [0, 0.05) is 10.6 Å². The predicted octanol–water partition coefficient (Wildman–Crippen LogP) is 5.84. The number of aryl methyl sites for hydroxylation is 1. The molecule has 0 atom stereocenters. The Kier molecular flexibility index (Phi) is 5.66. The highest BCUT2D eigenvalue weighted by molar-refractivity contribution is 7.13. The minimum Gasteiger partial charge on any atom is -0.306 e. The van der Waals surface area contributed by atoms with Crippen LogP contribution in [0.3, 0.4) is 0 Å². The van der Waals surface area contributed by atoms with Crippen molar-refractivity contribution in [3.63, 3.8) is 0 Å². The van der Waals surface area contributed by atoms with Gasteiger partial charge < -0.3 is 4.57 Å². The van der Waals surface area contributed by atoms with Crippen LogP contribution in [0, 0.1) is 12.3 Å². The molecule has 0 spiro atoms. The Bertz CT molecular complexity index is 1040. The molecule has 0 bridgehead atoms. The number of thiazole rings is 1. The third-order valence-electron chi connectivity index (χ3n) is 3.61. The number of azo groups is 1. The Morgan fingerprint density at radius 1 is 1.15 bits per heavy atom. The number of halogens is 2. The van der Waals surface area contributed by atoms with E-state index in [4.69, 9.17) is 28.6 Å². The van der Waals surface area contributed by atoms with Crippen LogP contribution < -0.4 is 4.80 Å². The van der Waals surface area contributed by atoms with E-state index in [0.29, 0.717) is 27.0 Å². The number of benzene rings is 2. The molecular formula is C18H14Cl2N4OS. The monoisotopic (exact) mass is 404 g/mol. The van der Waals surface area contributed by atoms with E-state index in [-0.39, 0.29) is 11.3 Å². The first kappa shape index (κ1) is 18.5. The van der Waals surface area contributed by atoms with Gasteiger partial charge in [-0.05, 0) is 36.7 Å². The largest absolute Gasteiger partial charge is 0.306 e. The Morgan fingerprint density at radius 2 is 1.85 bits per heavy atom. The van der Waals surface area contributed by atoms with Crippen molar-refractivity contribution < 1.29 is 4.79 Å². The molecule has 0 saturated heterocycles. The first-order valence-electron chi connectivity index (χ1n) is 7.65. The normalized spacial score (nSPS) is 11.2. The van der Waals surface area contributed by atoms with Gasteiger partial charge in [0.25, 0.3) is 0 Å². The number of nitrogens with zero attached hydrogens (tertiary/aromatic N) is 3. The summed E-state index contributed by atoms with van der Waals surface area (Å²) in [6.45, 7) is 1.85. The van der Waals surface area contributed by atoms with Gasteiger partial charge in [-0.3, -0.25) is 10.2 Å². The summed E-state index contributed by atoms with van der Waals surface area (Å²) in [5.74, 6) is 0. The van der Waals surface area contributed by atoms with Crippen molar-refractivity contribution in [3.05, 3.63) is 63.9 Å². The molecule has 3 rings (SSSR count). The summed E-state index contributed by atoms with van der Waals surface area (Å²) in [6.07, 6.45) is 0. The lowest BCUT2D eigenvalue weighted by atomic mass is 10.1. The van der Waals surface area contributed by atoms with Crippen LogP contribution in [0.5, 0.6) is 0 Å². The van der Waals surface area contributed by atoms with Gasteiger partial charge in [-0.15, -0.1) is 10.2 Å². The van der Waals surface area contributed by atoms with Crippen molar-refractivity contribution in [2.45, 2.75) is 13.5 Å². The van der Waals surface area contributed by atoms with Crippen LogP contribution in [-0.2, 0) is 11.3 Å². The van der Waals surface area contributed by atoms with E-state index < -0.39 is 5.24 Å². The highest BCUT2D eigenvalue weighted by Gasteiger charge is 2.18. The van der Waals surface area contributed by atoms with Crippen LogP contribution in [0.2, 0.25) is 5.02 Å². The summed E-state index contributed by atoms with van der Waals surface area (Å²) in [6, 6.07) is 14.8. The fourth-order valence-corrected chi connectivity index (χ4v) is 3.58. The summed E-state index contributed by atoms with van der Waals surface area (Å²) in [5, 5.41) is 17.1. The lowest BCUT2D eigenvalue weighted by Gasteiger charge is -2.08. The molecular weight excluding hydrogens is 391 g/mol. The Hall–Kier alpha value is -2.28. The van der Waals surface area contributed by atoms with Crippen molar-refractivity contribution >= 4 is 50.5 Å². The highest BCUT2D eigenvalue weighted by atomic mass is 35.5. The second-order valence-electron chi connectivity index (χ2n) is 5.52. The van der Waals surface area contributed by atoms with Crippen LogP contribution in [0.25, 0.3) is 11.3 Å². The molecule has 0 saturated carbocycles. The minimum atomic E-state index is -0.573. The van der Waals surface area contributed by atoms with Crippen LogP contribution >= 0.6 is 34.5 Å². The standard InChI is InChI=1S/C18H14Cl2N4OS/c1-11-6-8-12(9-7-11)22-23-17-16(13-4-2-3-5-14(13)19)24(10-15(20)25)18(21)26-17/h2-9,21H,10H2,1H3. The average Bonchev–Trinajstić information content (AvgIpc) is 2.90. The zero-order valence-corrected chi connectivity index (χ0v) is 16.1. The summed E-state index contributed by atoms with van der Waals surface area (Å²) < 4.78 is 1.49. The third kappa shape index (κ3) is 4.09. The first-order valence-corrected chi connectivity index (χ1v) is 9.23. The number of nitrogens with one attached hydrogen (secondary N) is 1.